The molecule has 0 aliphatic carbocycles. The predicted molar refractivity (Wildman–Crippen MR) is 64.9 cm³/mol. The Morgan fingerprint density at radius 2 is 2.11 bits per heavy atom. The molecule has 18 heavy (non-hydrogen) atoms. The van der Waals surface area contributed by atoms with Gasteiger partial charge in [-0.1, -0.05) is 13.0 Å². The lowest BCUT2D eigenvalue weighted by atomic mass is 10.3. The molecule has 1 heterocycles. The number of carbonyl (C=O) groups is 2. The van der Waals surface area contributed by atoms with Gasteiger partial charge in [0.1, 0.15) is 6.54 Å². The van der Waals surface area contributed by atoms with Crippen LogP contribution in [0.25, 0.3) is 0 Å². The fourth-order valence-corrected chi connectivity index (χ4v) is 1.32. The number of hydrogen-bond donors (Lipinski definition) is 2. The fraction of sp³-hybridized carbons (Fsp3) is 0.364. The van der Waals surface area contributed by atoms with Gasteiger partial charge in [0.15, 0.2) is 0 Å². The molecule has 0 spiro atoms. The molecule has 98 valence electrons. The van der Waals surface area contributed by atoms with Crippen LogP contribution in [0.1, 0.15) is 12.6 Å². The van der Waals surface area contributed by atoms with Crippen LogP contribution in [0.5, 0.6) is 0 Å². The molecule has 0 aliphatic rings. The van der Waals surface area contributed by atoms with Gasteiger partial charge in [-0.15, -0.1) is 0 Å². The van der Waals surface area contributed by atoms with Gasteiger partial charge in [0, 0.05) is 11.8 Å². The van der Waals surface area contributed by atoms with Crippen molar-refractivity contribution in [3.8, 4) is 0 Å². The molecule has 1 rings (SSSR count). The second kappa shape index (κ2) is 6.43. The van der Waals surface area contributed by atoms with Crippen LogP contribution in [0, 0.1) is 0 Å². The highest BCUT2D eigenvalue weighted by atomic mass is 16.5. The molecule has 1 aromatic rings. The zero-order valence-corrected chi connectivity index (χ0v) is 10.2. The molecule has 1 aromatic heterocycles. The molecular formula is C11H15N3O4. The van der Waals surface area contributed by atoms with Crippen molar-refractivity contribution in [3.63, 3.8) is 0 Å². The third-order valence-corrected chi connectivity index (χ3v) is 2.21. The Hall–Kier alpha value is -2.31. The molecule has 7 nitrogen and oxygen atoms in total. The van der Waals surface area contributed by atoms with Crippen molar-refractivity contribution in [1.29, 1.82) is 0 Å². The van der Waals surface area contributed by atoms with Crippen molar-refractivity contribution in [2.45, 2.75) is 13.3 Å². The molecule has 0 unspecified atom stereocenters. The van der Waals surface area contributed by atoms with Crippen molar-refractivity contribution in [3.05, 3.63) is 34.2 Å². The van der Waals surface area contributed by atoms with Crippen LogP contribution in [-0.4, -0.2) is 30.3 Å². The van der Waals surface area contributed by atoms with Gasteiger partial charge in [0.2, 0.25) is 0 Å². The first kappa shape index (κ1) is 13.8. The lowest BCUT2D eigenvalue weighted by molar-refractivity contribution is -0.116. The number of alkyl carbamates (subject to hydrolysis) is 1. The van der Waals surface area contributed by atoms with Crippen molar-refractivity contribution in [1.82, 2.24) is 9.99 Å². The Morgan fingerprint density at radius 1 is 1.39 bits per heavy atom. The summed E-state index contributed by atoms with van der Waals surface area (Å²) >= 11 is 0. The maximum atomic E-state index is 11.6. The molecular weight excluding hydrogens is 238 g/mol. The molecule has 0 radical (unpaired) electrons. The van der Waals surface area contributed by atoms with E-state index in [9.17, 15) is 14.4 Å². The van der Waals surface area contributed by atoms with E-state index in [1.807, 2.05) is 6.92 Å². The van der Waals surface area contributed by atoms with Crippen molar-refractivity contribution < 1.29 is 14.3 Å². The molecule has 0 saturated heterocycles. The second-order valence-corrected chi connectivity index (χ2v) is 3.42. The number of hydrogen-bond acceptors (Lipinski definition) is 4. The Bertz CT molecular complexity index is 495. The number of nitrogens with one attached hydrogen (secondary N) is 2. The number of ether oxygens (including phenoxy) is 1. The normalized spacial score (nSPS) is 9.67. The van der Waals surface area contributed by atoms with Crippen LogP contribution in [-0.2, 0) is 16.0 Å². The van der Waals surface area contributed by atoms with Gasteiger partial charge in [-0.3, -0.25) is 15.0 Å². The first-order valence-corrected chi connectivity index (χ1v) is 5.41. The Kier molecular flexibility index (Phi) is 4.91. The van der Waals surface area contributed by atoms with E-state index in [0.29, 0.717) is 12.1 Å². The molecule has 2 N–H and O–H groups in total. The summed E-state index contributed by atoms with van der Waals surface area (Å²) in [6.07, 6.45) is -0.109. The Morgan fingerprint density at radius 3 is 2.72 bits per heavy atom. The summed E-state index contributed by atoms with van der Waals surface area (Å²) < 4.78 is 5.47. The average molecular weight is 253 g/mol. The minimum atomic E-state index is -0.707. The van der Waals surface area contributed by atoms with E-state index in [1.54, 1.807) is 12.1 Å². The summed E-state index contributed by atoms with van der Waals surface area (Å²) in [6.45, 7) is 1.60. The Labute approximate surface area is 104 Å². The van der Waals surface area contributed by atoms with Crippen LogP contribution < -0.4 is 16.3 Å². The van der Waals surface area contributed by atoms with E-state index in [2.05, 4.69) is 15.5 Å². The summed E-state index contributed by atoms with van der Waals surface area (Å²) in [4.78, 5) is 33.9. The quantitative estimate of drug-likeness (QED) is 0.780. The highest BCUT2D eigenvalue weighted by Gasteiger charge is 2.08. The van der Waals surface area contributed by atoms with Gasteiger partial charge in [-0.2, -0.15) is 0 Å². The number of carbonyl (C=O) groups excluding carboxylic acids is 2. The topological polar surface area (TPSA) is 89.4 Å². The molecule has 0 saturated carbocycles. The lowest BCUT2D eigenvalue weighted by Gasteiger charge is -2.12. The van der Waals surface area contributed by atoms with Crippen LogP contribution in [0.4, 0.5) is 4.79 Å². The van der Waals surface area contributed by atoms with Gasteiger partial charge in [-0.05, 0) is 12.5 Å². The summed E-state index contributed by atoms with van der Waals surface area (Å²) in [6, 6.07) is 4.69. The molecule has 0 bridgehead atoms. The number of nitrogens with zero attached hydrogens (tertiary/aromatic N) is 1. The SMILES string of the molecule is CCc1cccc(=O)n1NC(=O)CNC(=O)OC. The molecule has 0 fully saturated rings. The lowest BCUT2D eigenvalue weighted by Crippen LogP contribution is -2.40. The maximum Gasteiger partial charge on any atom is 0.407 e. The fourth-order valence-electron chi connectivity index (χ4n) is 1.32. The van der Waals surface area contributed by atoms with Crippen molar-refractivity contribution in [2.24, 2.45) is 0 Å². The van der Waals surface area contributed by atoms with Crippen LogP contribution >= 0.6 is 0 Å². The number of pyridine rings is 1. The van der Waals surface area contributed by atoms with E-state index in [-0.39, 0.29) is 12.1 Å². The van der Waals surface area contributed by atoms with Crippen LogP contribution in [0.2, 0.25) is 0 Å². The van der Waals surface area contributed by atoms with E-state index < -0.39 is 12.0 Å². The van der Waals surface area contributed by atoms with E-state index in [4.69, 9.17) is 0 Å². The minimum Gasteiger partial charge on any atom is -0.453 e. The second-order valence-electron chi connectivity index (χ2n) is 3.42. The smallest absolute Gasteiger partial charge is 0.407 e. The molecule has 0 atom stereocenters. The first-order chi connectivity index (χ1) is 8.58. The third kappa shape index (κ3) is 3.62. The molecule has 7 heteroatoms. The zero-order valence-electron chi connectivity index (χ0n) is 10.2. The number of rotatable bonds is 4. The van der Waals surface area contributed by atoms with Crippen LogP contribution in [0.3, 0.4) is 0 Å². The highest BCUT2D eigenvalue weighted by Crippen LogP contribution is 1.94. The predicted octanol–water partition coefficient (Wildman–Crippen LogP) is -0.163. The molecule has 2 amide bonds. The van der Waals surface area contributed by atoms with Gasteiger partial charge < -0.3 is 10.1 Å². The molecule has 0 aliphatic heterocycles. The Balaban J connectivity index is 2.70. The van der Waals surface area contributed by atoms with Gasteiger partial charge in [-0.25, -0.2) is 9.47 Å². The standard InChI is InChI=1S/C11H15N3O4/c1-3-8-5-4-6-10(16)14(8)13-9(15)7-12-11(17)18-2/h4-6H,3,7H2,1-2H3,(H,12,17)(H,13,15). The number of aromatic nitrogens is 1. The average Bonchev–Trinajstić information content (AvgIpc) is 2.38. The van der Waals surface area contributed by atoms with Crippen LogP contribution in [0.15, 0.2) is 23.0 Å². The monoisotopic (exact) mass is 253 g/mol. The highest BCUT2D eigenvalue weighted by molar-refractivity contribution is 5.88. The first-order valence-electron chi connectivity index (χ1n) is 5.41. The minimum absolute atomic E-state index is 0.267. The maximum absolute atomic E-state index is 11.6. The summed E-state index contributed by atoms with van der Waals surface area (Å²) in [5.74, 6) is -0.511. The van der Waals surface area contributed by atoms with E-state index >= 15 is 0 Å². The summed E-state index contributed by atoms with van der Waals surface area (Å²) in [5.41, 5.74) is 2.75. The van der Waals surface area contributed by atoms with Gasteiger partial charge >= 0.3 is 6.09 Å². The summed E-state index contributed by atoms with van der Waals surface area (Å²) in [7, 11) is 1.20. The largest absolute Gasteiger partial charge is 0.453 e. The van der Waals surface area contributed by atoms with E-state index in [0.717, 1.165) is 4.68 Å². The third-order valence-electron chi connectivity index (χ3n) is 2.21. The van der Waals surface area contributed by atoms with Crippen molar-refractivity contribution >= 4 is 12.0 Å². The number of amides is 2. The van der Waals surface area contributed by atoms with Crippen molar-refractivity contribution in [2.75, 3.05) is 19.1 Å². The summed E-state index contributed by atoms with van der Waals surface area (Å²) in [5, 5.41) is 2.22. The molecule has 0 aromatic carbocycles. The van der Waals surface area contributed by atoms with Gasteiger partial charge in [0.05, 0.1) is 7.11 Å². The number of aryl methyl sites for hydroxylation is 1. The number of methoxy groups -OCH3 is 1. The zero-order chi connectivity index (χ0) is 13.5. The van der Waals surface area contributed by atoms with Gasteiger partial charge in [0.25, 0.3) is 11.5 Å². The van der Waals surface area contributed by atoms with E-state index in [1.165, 1.54) is 13.2 Å².